The zero-order chi connectivity index (χ0) is 15.5. The van der Waals surface area contributed by atoms with Crippen molar-refractivity contribution in [2.45, 2.75) is 5.25 Å². The van der Waals surface area contributed by atoms with Gasteiger partial charge in [-0.3, -0.25) is 10.5 Å². The molecule has 1 unspecified atom stereocenters. The molecule has 0 heterocycles. The van der Waals surface area contributed by atoms with Crippen LogP contribution in [-0.4, -0.2) is 9.76 Å². The Kier molecular flexibility index (Phi) is 4.04. The van der Waals surface area contributed by atoms with E-state index in [2.05, 4.69) is 4.52 Å². The molecule has 0 amide bonds. The first-order valence-corrected chi connectivity index (χ1v) is 8.53. The number of hydrogen-bond acceptors (Lipinski definition) is 2. The van der Waals surface area contributed by atoms with Gasteiger partial charge in [0.05, 0.1) is 20.2 Å². The van der Waals surface area contributed by atoms with Crippen LogP contribution in [0.5, 0.6) is 0 Å². The van der Waals surface area contributed by atoms with Gasteiger partial charge in [0.25, 0.3) is 0 Å². The second-order valence-corrected chi connectivity index (χ2v) is 8.11. The molecule has 1 atom stereocenters. The van der Waals surface area contributed by atoms with Crippen molar-refractivity contribution in [2.75, 3.05) is 0 Å². The highest BCUT2D eigenvalue weighted by atomic mass is 35.5. The van der Waals surface area contributed by atoms with Gasteiger partial charge in [-0.25, -0.2) is 4.21 Å². The summed E-state index contributed by atoms with van der Waals surface area (Å²) in [5, 5.41) is 12.8. The molecular formula is C14H14ClN4OS-. The molecule has 0 saturated heterocycles. The minimum absolute atomic E-state index is 0.516. The van der Waals surface area contributed by atoms with Gasteiger partial charge in [-0.1, -0.05) is 54.1 Å². The van der Waals surface area contributed by atoms with E-state index in [1.165, 1.54) is 0 Å². The Bertz CT molecular complexity index is 718. The molecule has 0 aromatic heterocycles. The topological polar surface area (TPSA) is 102 Å². The third-order valence-corrected chi connectivity index (χ3v) is 5.73. The molecule has 7 heteroatoms. The number of rotatable bonds is 5. The quantitative estimate of drug-likeness (QED) is 0.490. The molecule has 0 fully saturated rings. The Morgan fingerprint density at radius 1 is 1.14 bits per heavy atom. The maximum atomic E-state index is 13.0. The summed E-state index contributed by atoms with van der Waals surface area (Å²) in [6.45, 7) is 0. The Balaban J connectivity index is 2.72. The Morgan fingerprint density at radius 3 is 2.14 bits per heavy atom. The van der Waals surface area contributed by atoms with Crippen molar-refractivity contribution in [3.63, 3.8) is 0 Å². The molecule has 110 valence electrons. The average molecular weight is 322 g/mol. The van der Waals surface area contributed by atoms with Gasteiger partial charge in [0.1, 0.15) is 0 Å². The minimum atomic E-state index is -4.60. The maximum absolute atomic E-state index is 13.0. The van der Waals surface area contributed by atoms with Crippen LogP contribution in [0.25, 0.3) is 5.53 Å². The molecule has 5 nitrogen and oxygen atoms in total. The molecule has 0 bridgehead atoms. The van der Waals surface area contributed by atoms with E-state index >= 15 is 0 Å². The van der Waals surface area contributed by atoms with E-state index in [1.54, 1.807) is 54.6 Å². The van der Waals surface area contributed by atoms with Crippen molar-refractivity contribution in [2.24, 2.45) is 9.66 Å². The van der Waals surface area contributed by atoms with Crippen LogP contribution in [0.1, 0.15) is 16.4 Å². The lowest BCUT2D eigenvalue weighted by molar-refractivity contribution is 0.660. The normalized spacial score (nSPS) is 14.7. The van der Waals surface area contributed by atoms with Gasteiger partial charge in [-0.2, -0.15) is 0 Å². The first-order chi connectivity index (χ1) is 9.89. The van der Waals surface area contributed by atoms with E-state index in [-0.39, 0.29) is 0 Å². The Hall–Kier alpha value is -1.89. The van der Waals surface area contributed by atoms with E-state index < -0.39 is 14.7 Å². The Morgan fingerprint density at radius 2 is 1.67 bits per heavy atom. The van der Waals surface area contributed by atoms with Crippen molar-refractivity contribution in [3.8, 4) is 0 Å². The molecular weight excluding hydrogens is 308 g/mol. The molecule has 21 heavy (non-hydrogen) atoms. The summed E-state index contributed by atoms with van der Waals surface area (Å²) in [5.41, 5.74) is 10.9. The van der Waals surface area contributed by atoms with Crippen molar-refractivity contribution in [1.29, 1.82) is 5.41 Å². The summed E-state index contributed by atoms with van der Waals surface area (Å²) in [7, 11) is -4.60. The largest absolute Gasteiger partial charge is 0.697 e. The standard InChI is InChI=1S/C14H14ClN4OS/c15-13-8-6-12(7-9-13)14(11-4-2-1-3-5-11)21(18,20,10-16)19-17/h1-10,14,16H,(H2,18,20)/q-1. The summed E-state index contributed by atoms with van der Waals surface area (Å²) in [5.74, 6) is 0. The molecule has 0 spiro atoms. The first kappa shape index (κ1) is 15.5. The van der Waals surface area contributed by atoms with Crippen LogP contribution >= 0.6 is 11.6 Å². The molecule has 2 rings (SSSR count). The predicted octanol–water partition coefficient (Wildman–Crippen LogP) is 3.67. The van der Waals surface area contributed by atoms with E-state index in [4.69, 9.17) is 22.1 Å². The van der Waals surface area contributed by atoms with Crippen LogP contribution < -0.4 is 5.14 Å². The van der Waals surface area contributed by atoms with E-state index in [0.29, 0.717) is 21.7 Å². The molecule has 0 aliphatic rings. The summed E-state index contributed by atoms with van der Waals surface area (Å²) < 4.78 is 15.9. The van der Waals surface area contributed by atoms with Crippen LogP contribution in [0.4, 0.5) is 0 Å². The van der Waals surface area contributed by atoms with Crippen molar-refractivity contribution < 1.29 is 4.21 Å². The fraction of sp³-hybridized carbons (Fsp3) is 0.0714. The predicted molar refractivity (Wildman–Crippen MR) is 86.6 cm³/mol. The van der Waals surface area contributed by atoms with Gasteiger partial charge >= 0.3 is 0 Å². The van der Waals surface area contributed by atoms with E-state index in [0.717, 1.165) is 0 Å². The van der Waals surface area contributed by atoms with Crippen LogP contribution in [0.3, 0.4) is 0 Å². The van der Waals surface area contributed by atoms with Crippen molar-refractivity contribution >= 4 is 26.6 Å². The number of nitrogens with one attached hydrogen (secondary N) is 1. The lowest BCUT2D eigenvalue weighted by Crippen LogP contribution is -2.46. The summed E-state index contributed by atoms with van der Waals surface area (Å²) >= 11 is 5.86. The molecule has 0 radical (unpaired) electrons. The molecule has 0 aliphatic heterocycles. The molecule has 0 saturated carbocycles. The molecule has 2 aromatic carbocycles. The fourth-order valence-electron chi connectivity index (χ4n) is 2.14. The van der Waals surface area contributed by atoms with Gasteiger partial charge < -0.3 is 10.1 Å². The van der Waals surface area contributed by atoms with Crippen LogP contribution in [0.15, 0.2) is 59.1 Å². The van der Waals surface area contributed by atoms with E-state index in [1.807, 2.05) is 0 Å². The van der Waals surface area contributed by atoms with Gasteiger partial charge in [0, 0.05) is 5.02 Å². The lowest BCUT2D eigenvalue weighted by Gasteiger charge is -2.40. The highest BCUT2D eigenvalue weighted by Crippen LogP contribution is 2.41. The smallest absolute Gasteiger partial charge is 0.0978 e. The summed E-state index contributed by atoms with van der Waals surface area (Å²) in [6.07, 6.45) is 0. The minimum Gasteiger partial charge on any atom is -0.697 e. The number of benzene rings is 2. The SMILES string of the molecule is [N-]=NS(N)(=O)(C=N)C(c1ccccc1)c1ccc(Cl)cc1. The summed E-state index contributed by atoms with van der Waals surface area (Å²) in [4.78, 5) is 0. The second kappa shape index (κ2) is 5.48. The van der Waals surface area contributed by atoms with Gasteiger partial charge in [0.2, 0.25) is 0 Å². The highest BCUT2D eigenvalue weighted by molar-refractivity contribution is 8.28. The molecule has 2 aromatic rings. The van der Waals surface area contributed by atoms with Crippen LogP contribution in [0.2, 0.25) is 5.02 Å². The van der Waals surface area contributed by atoms with E-state index in [9.17, 15) is 9.74 Å². The van der Waals surface area contributed by atoms with Crippen molar-refractivity contribution in [1.82, 2.24) is 0 Å². The second-order valence-electron chi connectivity index (χ2n) is 4.63. The third-order valence-electron chi connectivity index (χ3n) is 3.16. The average Bonchev–Trinajstić information content (AvgIpc) is 2.51. The Labute approximate surface area is 127 Å². The third kappa shape index (κ3) is 2.92. The van der Waals surface area contributed by atoms with Gasteiger partial charge in [-0.15, -0.1) is 0 Å². The number of hydrogen-bond donors (Lipinski definition) is 2. The fourth-order valence-corrected chi connectivity index (χ4v) is 3.96. The number of halogens is 1. The monoisotopic (exact) mass is 321 g/mol. The lowest BCUT2D eigenvalue weighted by atomic mass is 10.0. The maximum Gasteiger partial charge on any atom is 0.0978 e. The first-order valence-electron chi connectivity index (χ1n) is 6.04. The van der Waals surface area contributed by atoms with Crippen LogP contribution in [0, 0.1) is 5.41 Å². The molecule has 3 N–H and O–H groups in total. The zero-order valence-corrected chi connectivity index (χ0v) is 12.6. The van der Waals surface area contributed by atoms with Crippen LogP contribution in [-0.2, 0) is 9.44 Å². The highest BCUT2D eigenvalue weighted by Gasteiger charge is 2.38. The number of nitrogens with zero attached hydrogens (tertiary/aromatic N) is 2. The van der Waals surface area contributed by atoms with Crippen molar-refractivity contribution in [3.05, 3.63) is 76.3 Å². The summed E-state index contributed by atoms with van der Waals surface area (Å²) in [6, 6.07) is 15.3. The van der Waals surface area contributed by atoms with Gasteiger partial charge in [-0.05, 0) is 23.3 Å². The molecule has 0 aliphatic carbocycles. The van der Waals surface area contributed by atoms with Gasteiger partial charge in [0.15, 0.2) is 0 Å². The zero-order valence-electron chi connectivity index (χ0n) is 11.0. The number of nitrogens with two attached hydrogens (primary N) is 1.